The van der Waals surface area contributed by atoms with Crippen LogP contribution in [0.1, 0.15) is 18.1 Å². The fourth-order valence-corrected chi connectivity index (χ4v) is 2.42. The third kappa shape index (κ3) is 2.55. The van der Waals surface area contributed by atoms with Crippen LogP contribution < -0.4 is 0 Å². The number of nitrogens with zero attached hydrogens (tertiary/aromatic N) is 6. The molecule has 7 nitrogen and oxygen atoms in total. The molecule has 0 saturated heterocycles. The van der Waals surface area contributed by atoms with Crippen molar-refractivity contribution in [3.05, 3.63) is 36.2 Å². The third-order valence-corrected chi connectivity index (χ3v) is 3.80. The second-order valence-electron chi connectivity index (χ2n) is 4.17. The first-order chi connectivity index (χ1) is 9.74. The van der Waals surface area contributed by atoms with E-state index in [1.54, 1.807) is 11.7 Å². The van der Waals surface area contributed by atoms with Gasteiger partial charge in [0.25, 0.3) is 0 Å². The molecule has 2 aromatic heterocycles. The van der Waals surface area contributed by atoms with Gasteiger partial charge in [-0.25, -0.2) is 4.68 Å². The highest BCUT2D eigenvalue weighted by atomic mass is 32.2. The van der Waals surface area contributed by atoms with Crippen molar-refractivity contribution in [3.8, 4) is 11.4 Å². The van der Waals surface area contributed by atoms with Gasteiger partial charge in [-0.3, -0.25) is 0 Å². The topological polar surface area (TPSA) is 82.5 Å². The van der Waals surface area contributed by atoms with Gasteiger partial charge in [-0.2, -0.15) is 4.98 Å². The standard InChI is InChI=1S/C12H12N6OS/c1-8(20-12-14-16-17-18(12)2)11-13-10(15-19-11)9-6-4-3-5-7-9/h3-8H,1-2H3. The first kappa shape index (κ1) is 12.8. The van der Waals surface area contributed by atoms with Crippen LogP contribution >= 0.6 is 11.8 Å². The van der Waals surface area contributed by atoms with Crippen LogP contribution in [0.3, 0.4) is 0 Å². The molecule has 1 aromatic carbocycles. The van der Waals surface area contributed by atoms with E-state index in [-0.39, 0.29) is 5.25 Å². The molecular weight excluding hydrogens is 276 g/mol. The van der Waals surface area contributed by atoms with Gasteiger partial charge in [0, 0.05) is 12.6 Å². The summed E-state index contributed by atoms with van der Waals surface area (Å²) in [7, 11) is 1.79. The number of aromatic nitrogens is 6. The summed E-state index contributed by atoms with van der Waals surface area (Å²) < 4.78 is 6.92. The van der Waals surface area contributed by atoms with Crippen molar-refractivity contribution in [1.82, 2.24) is 30.3 Å². The molecule has 0 saturated carbocycles. The van der Waals surface area contributed by atoms with Crippen molar-refractivity contribution >= 4 is 11.8 Å². The van der Waals surface area contributed by atoms with E-state index in [2.05, 4.69) is 25.7 Å². The minimum Gasteiger partial charge on any atom is -0.338 e. The van der Waals surface area contributed by atoms with Gasteiger partial charge in [0.05, 0.1) is 5.25 Å². The summed E-state index contributed by atoms with van der Waals surface area (Å²) in [5, 5.41) is 16.0. The zero-order valence-corrected chi connectivity index (χ0v) is 11.8. The average molecular weight is 288 g/mol. The second kappa shape index (κ2) is 5.41. The lowest BCUT2D eigenvalue weighted by molar-refractivity contribution is 0.380. The molecule has 1 atom stereocenters. The smallest absolute Gasteiger partial charge is 0.240 e. The molecule has 0 aliphatic heterocycles. The Hall–Kier alpha value is -2.22. The van der Waals surface area contributed by atoms with Crippen molar-refractivity contribution in [3.63, 3.8) is 0 Å². The molecule has 8 heteroatoms. The maximum absolute atomic E-state index is 5.31. The maximum atomic E-state index is 5.31. The van der Waals surface area contributed by atoms with E-state index in [0.717, 1.165) is 5.56 Å². The molecule has 0 spiro atoms. The SMILES string of the molecule is CC(Sc1nnnn1C)c1nc(-c2ccccc2)no1. The lowest BCUT2D eigenvalue weighted by atomic mass is 10.2. The highest BCUT2D eigenvalue weighted by molar-refractivity contribution is 7.99. The molecule has 3 rings (SSSR count). The molecule has 0 N–H and O–H groups in total. The number of rotatable bonds is 4. The zero-order chi connectivity index (χ0) is 13.9. The molecule has 102 valence electrons. The van der Waals surface area contributed by atoms with Crippen molar-refractivity contribution in [2.45, 2.75) is 17.3 Å². The van der Waals surface area contributed by atoms with E-state index in [4.69, 9.17) is 4.52 Å². The molecule has 0 fully saturated rings. The third-order valence-electron chi connectivity index (χ3n) is 2.68. The van der Waals surface area contributed by atoms with E-state index < -0.39 is 0 Å². The van der Waals surface area contributed by atoms with Gasteiger partial charge >= 0.3 is 0 Å². The molecule has 0 aliphatic rings. The van der Waals surface area contributed by atoms with Crippen LogP contribution in [-0.2, 0) is 7.05 Å². The van der Waals surface area contributed by atoms with Crippen LogP contribution in [-0.4, -0.2) is 30.3 Å². The highest BCUT2D eigenvalue weighted by Gasteiger charge is 2.18. The van der Waals surface area contributed by atoms with Crippen molar-refractivity contribution in [2.75, 3.05) is 0 Å². The Bertz CT molecular complexity index is 695. The maximum Gasteiger partial charge on any atom is 0.240 e. The Morgan fingerprint density at radius 3 is 2.75 bits per heavy atom. The Kier molecular flexibility index (Phi) is 3.46. The van der Waals surface area contributed by atoms with Gasteiger partial charge in [-0.1, -0.05) is 47.3 Å². The summed E-state index contributed by atoms with van der Waals surface area (Å²) in [6.07, 6.45) is 0. The van der Waals surface area contributed by atoms with E-state index in [1.807, 2.05) is 37.3 Å². The monoisotopic (exact) mass is 288 g/mol. The molecule has 20 heavy (non-hydrogen) atoms. The Labute approximate surface area is 119 Å². The summed E-state index contributed by atoms with van der Waals surface area (Å²) in [4.78, 5) is 4.41. The Morgan fingerprint density at radius 1 is 1.25 bits per heavy atom. The molecule has 1 unspecified atom stereocenters. The van der Waals surface area contributed by atoms with Crippen LogP contribution in [0.5, 0.6) is 0 Å². The molecular formula is C12H12N6OS. The number of thioether (sulfide) groups is 1. The molecule has 0 aliphatic carbocycles. The predicted octanol–water partition coefficient (Wildman–Crippen LogP) is 2.11. The molecule has 2 heterocycles. The lowest BCUT2D eigenvalue weighted by Gasteiger charge is -2.03. The average Bonchev–Trinajstić information content (AvgIpc) is 3.10. The minimum absolute atomic E-state index is 0.0235. The number of benzene rings is 1. The minimum atomic E-state index is -0.0235. The van der Waals surface area contributed by atoms with Crippen LogP contribution in [0.25, 0.3) is 11.4 Å². The van der Waals surface area contributed by atoms with Crippen molar-refractivity contribution < 1.29 is 4.52 Å². The van der Waals surface area contributed by atoms with Crippen LogP contribution in [0.2, 0.25) is 0 Å². The zero-order valence-electron chi connectivity index (χ0n) is 11.0. The van der Waals surface area contributed by atoms with E-state index in [1.165, 1.54) is 11.8 Å². The number of hydrogen-bond acceptors (Lipinski definition) is 7. The summed E-state index contributed by atoms with van der Waals surface area (Å²) >= 11 is 1.47. The summed E-state index contributed by atoms with van der Waals surface area (Å²) in [6.45, 7) is 1.97. The van der Waals surface area contributed by atoms with E-state index in [9.17, 15) is 0 Å². The highest BCUT2D eigenvalue weighted by Crippen LogP contribution is 2.32. The van der Waals surface area contributed by atoms with Crippen LogP contribution in [0.15, 0.2) is 40.0 Å². The Morgan fingerprint density at radius 2 is 2.05 bits per heavy atom. The molecule has 0 bridgehead atoms. The van der Waals surface area contributed by atoms with Crippen LogP contribution in [0.4, 0.5) is 0 Å². The quantitative estimate of drug-likeness (QED) is 0.680. The van der Waals surface area contributed by atoms with Crippen molar-refractivity contribution in [2.24, 2.45) is 7.05 Å². The lowest BCUT2D eigenvalue weighted by Crippen LogP contribution is -1.96. The van der Waals surface area contributed by atoms with Gasteiger partial charge in [0.1, 0.15) is 0 Å². The van der Waals surface area contributed by atoms with Crippen LogP contribution in [0, 0.1) is 0 Å². The first-order valence-electron chi connectivity index (χ1n) is 6.02. The normalized spacial score (nSPS) is 12.5. The van der Waals surface area contributed by atoms with Gasteiger partial charge in [0.2, 0.25) is 16.9 Å². The fraction of sp³-hybridized carbons (Fsp3) is 0.250. The van der Waals surface area contributed by atoms with Gasteiger partial charge in [-0.05, 0) is 17.4 Å². The predicted molar refractivity (Wildman–Crippen MR) is 72.8 cm³/mol. The summed E-state index contributed by atoms with van der Waals surface area (Å²) in [5.74, 6) is 1.14. The van der Waals surface area contributed by atoms with E-state index >= 15 is 0 Å². The molecule has 0 amide bonds. The summed E-state index contributed by atoms with van der Waals surface area (Å²) in [6, 6.07) is 9.71. The fourth-order valence-electron chi connectivity index (χ4n) is 1.63. The number of aryl methyl sites for hydroxylation is 1. The van der Waals surface area contributed by atoms with Crippen molar-refractivity contribution in [1.29, 1.82) is 0 Å². The summed E-state index contributed by atoms with van der Waals surface area (Å²) in [5.41, 5.74) is 0.931. The number of tetrazole rings is 1. The first-order valence-corrected chi connectivity index (χ1v) is 6.90. The second-order valence-corrected chi connectivity index (χ2v) is 5.48. The van der Waals surface area contributed by atoms with Gasteiger partial charge in [0.15, 0.2) is 0 Å². The largest absolute Gasteiger partial charge is 0.338 e. The number of hydrogen-bond donors (Lipinski definition) is 0. The van der Waals surface area contributed by atoms with Gasteiger partial charge in [-0.15, -0.1) is 5.10 Å². The Balaban J connectivity index is 1.78. The van der Waals surface area contributed by atoms with E-state index in [0.29, 0.717) is 16.9 Å². The molecule has 0 radical (unpaired) electrons. The molecule has 3 aromatic rings. The van der Waals surface area contributed by atoms with Gasteiger partial charge < -0.3 is 4.52 Å².